The largest absolute Gasteiger partial charge is 0.493 e. The molecule has 1 aromatic heterocycles. The molecule has 8 nitrogen and oxygen atoms in total. The summed E-state index contributed by atoms with van der Waals surface area (Å²) in [7, 11) is 0. The molecule has 1 fully saturated rings. The van der Waals surface area contributed by atoms with Crippen molar-refractivity contribution >= 4 is 22.7 Å². The van der Waals surface area contributed by atoms with Crippen molar-refractivity contribution in [2.24, 2.45) is 17.8 Å². The lowest BCUT2D eigenvalue weighted by Crippen LogP contribution is -2.34. The number of hydrogen-bond donors (Lipinski definition) is 1. The first-order valence-electron chi connectivity index (χ1n) is 12.8. The number of aryl methyl sites for hydroxylation is 1. The summed E-state index contributed by atoms with van der Waals surface area (Å²) in [6.45, 7) is 2.50. The van der Waals surface area contributed by atoms with E-state index in [9.17, 15) is 19.5 Å². The van der Waals surface area contributed by atoms with Crippen LogP contribution in [-0.4, -0.2) is 38.5 Å². The number of hydrogen-bond acceptors (Lipinski definition) is 6. The quantitative estimate of drug-likeness (QED) is 0.333. The second-order valence-corrected chi connectivity index (χ2v) is 9.88. The molecule has 1 aliphatic rings. The molecule has 0 amide bonds. The van der Waals surface area contributed by atoms with Crippen molar-refractivity contribution in [3.63, 3.8) is 0 Å². The molecule has 0 bridgehead atoms. The van der Waals surface area contributed by atoms with Crippen molar-refractivity contribution in [3.8, 4) is 5.75 Å². The molecular weight excluding hydrogens is 482 g/mol. The lowest BCUT2D eigenvalue weighted by Gasteiger charge is -2.20. The van der Waals surface area contributed by atoms with Gasteiger partial charge in [0.2, 0.25) is 0 Å². The number of ketones is 1. The van der Waals surface area contributed by atoms with Crippen LogP contribution in [0.4, 0.5) is 0 Å². The van der Waals surface area contributed by atoms with E-state index >= 15 is 0 Å². The Morgan fingerprint density at radius 3 is 2.53 bits per heavy atom. The standard InChI is InChI=1S/C30H29N3O5/c1-19-7-14-26-25(17-19)29(35)33(32-31-26)18-22-10-13-24(27(22)30(36)37)28(34)21-8-11-23(12-9-21)38-16-15-20-5-3-2-4-6-20/h2-9,11-12,14,17,22,24,27H,10,13,15-16,18H2,1H3,(H,36,37)/t22-,24-,27-/m0/s1. The zero-order chi connectivity index (χ0) is 26.6. The van der Waals surface area contributed by atoms with Gasteiger partial charge in [0.1, 0.15) is 11.3 Å². The molecule has 1 saturated carbocycles. The molecule has 5 rings (SSSR count). The van der Waals surface area contributed by atoms with Crippen LogP contribution in [-0.2, 0) is 17.8 Å². The van der Waals surface area contributed by atoms with E-state index in [1.54, 1.807) is 36.4 Å². The second kappa shape index (κ2) is 11.0. The maximum atomic E-state index is 13.3. The van der Waals surface area contributed by atoms with E-state index in [1.807, 2.05) is 43.3 Å². The van der Waals surface area contributed by atoms with Gasteiger partial charge in [-0.1, -0.05) is 47.2 Å². The molecule has 0 spiro atoms. The molecule has 1 N–H and O–H groups in total. The number of aliphatic carboxylic acids is 1. The summed E-state index contributed by atoms with van der Waals surface area (Å²) in [6.07, 6.45) is 1.72. The third kappa shape index (κ3) is 5.34. The van der Waals surface area contributed by atoms with Crippen LogP contribution in [0, 0.1) is 24.7 Å². The van der Waals surface area contributed by atoms with Crippen molar-refractivity contribution < 1.29 is 19.4 Å². The number of aromatic nitrogens is 3. The predicted octanol–water partition coefficient (Wildman–Crippen LogP) is 4.33. The zero-order valence-electron chi connectivity index (χ0n) is 21.1. The molecule has 3 aromatic carbocycles. The highest BCUT2D eigenvalue weighted by molar-refractivity contribution is 6.00. The SMILES string of the molecule is Cc1ccc2nnn(C[C@@H]3CC[C@H](C(=O)c4ccc(OCCc5ccccc5)cc4)[C@H]3C(=O)O)c(=O)c2c1. The van der Waals surface area contributed by atoms with Crippen molar-refractivity contribution in [3.05, 3.63) is 99.8 Å². The number of carbonyl (C=O) groups excluding carboxylic acids is 1. The van der Waals surface area contributed by atoms with Crippen LogP contribution in [0.1, 0.15) is 34.3 Å². The molecule has 4 aromatic rings. The fourth-order valence-electron chi connectivity index (χ4n) is 5.35. The Bertz CT molecular complexity index is 1510. The number of carbonyl (C=O) groups is 2. The van der Waals surface area contributed by atoms with E-state index in [-0.39, 0.29) is 17.9 Å². The van der Waals surface area contributed by atoms with Crippen LogP contribution in [0.25, 0.3) is 10.9 Å². The normalized spacial score (nSPS) is 18.9. The Morgan fingerprint density at radius 2 is 1.79 bits per heavy atom. The number of fused-ring (bicyclic) bond motifs is 1. The van der Waals surface area contributed by atoms with Gasteiger partial charge in [-0.05, 0) is 67.6 Å². The third-order valence-corrected chi connectivity index (χ3v) is 7.34. The summed E-state index contributed by atoms with van der Waals surface area (Å²) >= 11 is 0. The minimum absolute atomic E-state index is 0.102. The highest BCUT2D eigenvalue weighted by Gasteiger charge is 2.45. The lowest BCUT2D eigenvalue weighted by atomic mass is 9.84. The summed E-state index contributed by atoms with van der Waals surface area (Å²) < 4.78 is 7.04. The number of Topliss-reactive ketones (excluding diaryl/α,β-unsaturated/α-hetero) is 1. The van der Waals surface area contributed by atoms with Crippen LogP contribution in [0.5, 0.6) is 5.75 Å². The summed E-state index contributed by atoms with van der Waals surface area (Å²) in [5, 5.41) is 18.7. The average molecular weight is 512 g/mol. The lowest BCUT2D eigenvalue weighted by molar-refractivity contribution is -0.144. The average Bonchev–Trinajstić information content (AvgIpc) is 3.35. The number of benzene rings is 3. The van der Waals surface area contributed by atoms with Gasteiger partial charge in [0.25, 0.3) is 5.56 Å². The van der Waals surface area contributed by atoms with E-state index in [4.69, 9.17) is 4.74 Å². The van der Waals surface area contributed by atoms with E-state index in [1.165, 1.54) is 10.2 Å². The van der Waals surface area contributed by atoms with Gasteiger partial charge in [0.05, 0.1) is 24.5 Å². The fraction of sp³-hybridized carbons (Fsp3) is 0.300. The minimum atomic E-state index is -1.04. The minimum Gasteiger partial charge on any atom is -0.493 e. The molecule has 194 valence electrons. The highest BCUT2D eigenvalue weighted by Crippen LogP contribution is 2.40. The number of rotatable bonds is 9. The van der Waals surface area contributed by atoms with Crippen LogP contribution in [0.3, 0.4) is 0 Å². The first kappa shape index (κ1) is 25.3. The number of carboxylic acid groups (broad SMARTS) is 1. The first-order valence-corrected chi connectivity index (χ1v) is 12.8. The Labute approximate surface area is 219 Å². The second-order valence-electron chi connectivity index (χ2n) is 9.88. The Morgan fingerprint density at radius 1 is 1.03 bits per heavy atom. The predicted molar refractivity (Wildman–Crippen MR) is 142 cm³/mol. The van der Waals surface area contributed by atoms with Gasteiger partial charge in [-0.25, -0.2) is 4.68 Å². The molecular formula is C30H29N3O5. The van der Waals surface area contributed by atoms with Crippen molar-refractivity contribution in [1.29, 1.82) is 0 Å². The molecule has 0 radical (unpaired) electrons. The molecule has 0 aliphatic heterocycles. The van der Waals surface area contributed by atoms with Crippen molar-refractivity contribution in [2.45, 2.75) is 32.7 Å². The summed E-state index contributed by atoms with van der Waals surface area (Å²) in [5.41, 5.74) is 2.76. The monoisotopic (exact) mass is 511 g/mol. The van der Waals surface area contributed by atoms with Gasteiger partial charge in [0.15, 0.2) is 5.78 Å². The number of nitrogens with zero attached hydrogens (tertiary/aromatic N) is 3. The summed E-state index contributed by atoms with van der Waals surface area (Å²) in [4.78, 5) is 38.6. The Hall–Kier alpha value is -4.33. The smallest absolute Gasteiger partial charge is 0.307 e. The fourth-order valence-corrected chi connectivity index (χ4v) is 5.35. The number of ether oxygens (including phenoxy) is 1. The van der Waals surface area contributed by atoms with Gasteiger partial charge < -0.3 is 9.84 Å². The van der Waals surface area contributed by atoms with Gasteiger partial charge >= 0.3 is 5.97 Å². The Kier molecular flexibility index (Phi) is 7.31. The van der Waals surface area contributed by atoms with E-state index < -0.39 is 23.7 Å². The molecule has 8 heteroatoms. The van der Waals surface area contributed by atoms with Gasteiger partial charge in [-0.2, -0.15) is 0 Å². The maximum absolute atomic E-state index is 13.3. The third-order valence-electron chi connectivity index (χ3n) is 7.34. The van der Waals surface area contributed by atoms with Crippen LogP contribution < -0.4 is 10.3 Å². The summed E-state index contributed by atoms with van der Waals surface area (Å²) in [6, 6.07) is 22.3. The summed E-state index contributed by atoms with van der Waals surface area (Å²) in [5.74, 6) is -2.58. The van der Waals surface area contributed by atoms with Crippen LogP contribution in [0.15, 0.2) is 77.6 Å². The van der Waals surface area contributed by atoms with E-state index in [0.717, 1.165) is 12.0 Å². The number of carboxylic acids is 1. The van der Waals surface area contributed by atoms with Crippen LogP contribution >= 0.6 is 0 Å². The molecule has 0 unspecified atom stereocenters. The molecule has 3 atom stereocenters. The maximum Gasteiger partial charge on any atom is 0.307 e. The first-order chi connectivity index (χ1) is 18.4. The van der Waals surface area contributed by atoms with E-state index in [2.05, 4.69) is 10.3 Å². The van der Waals surface area contributed by atoms with Gasteiger partial charge in [-0.15, -0.1) is 5.10 Å². The van der Waals surface area contributed by atoms with Crippen molar-refractivity contribution in [1.82, 2.24) is 15.0 Å². The van der Waals surface area contributed by atoms with Crippen LogP contribution in [0.2, 0.25) is 0 Å². The molecule has 0 saturated heterocycles. The van der Waals surface area contributed by atoms with Gasteiger partial charge in [0, 0.05) is 17.9 Å². The molecule has 1 heterocycles. The van der Waals surface area contributed by atoms with E-state index in [0.29, 0.717) is 41.7 Å². The highest BCUT2D eigenvalue weighted by atomic mass is 16.5. The zero-order valence-corrected chi connectivity index (χ0v) is 21.1. The van der Waals surface area contributed by atoms with Gasteiger partial charge in [-0.3, -0.25) is 14.4 Å². The molecule has 1 aliphatic carbocycles. The molecule has 38 heavy (non-hydrogen) atoms. The topological polar surface area (TPSA) is 111 Å². The van der Waals surface area contributed by atoms with Crippen molar-refractivity contribution in [2.75, 3.05) is 6.61 Å². The Balaban J connectivity index is 1.26.